The lowest BCUT2D eigenvalue weighted by Gasteiger charge is -2.29. The third-order valence-corrected chi connectivity index (χ3v) is 2.84. The minimum atomic E-state index is -0.410. The summed E-state index contributed by atoms with van der Waals surface area (Å²) in [5, 5.41) is 19.5. The number of aliphatic hydroxyl groups excluding tert-OH is 2. The lowest BCUT2D eigenvalue weighted by atomic mass is 9.84. The number of hydrogen-bond acceptors (Lipinski definition) is 3. The van der Waals surface area contributed by atoms with Crippen LogP contribution in [0.4, 0.5) is 0 Å². The van der Waals surface area contributed by atoms with Crippen molar-refractivity contribution in [2.24, 2.45) is 17.1 Å². The fraction of sp³-hybridized carbons (Fsp3) is 1.00. The molecule has 0 saturated carbocycles. The molecule has 0 rings (SSSR count). The summed E-state index contributed by atoms with van der Waals surface area (Å²) in [6, 6.07) is -0.128. The Balaban J connectivity index is 3.99. The van der Waals surface area contributed by atoms with E-state index in [2.05, 4.69) is 0 Å². The lowest BCUT2D eigenvalue weighted by Crippen LogP contribution is -2.36. The summed E-state index contributed by atoms with van der Waals surface area (Å²) < 4.78 is 0. The molecule has 3 heteroatoms. The summed E-state index contributed by atoms with van der Waals surface area (Å²) in [4.78, 5) is 0. The van der Waals surface area contributed by atoms with E-state index in [4.69, 9.17) is 5.73 Å². The van der Waals surface area contributed by atoms with E-state index in [0.717, 1.165) is 0 Å². The van der Waals surface area contributed by atoms with Gasteiger partial charge in [0.2, 0.25) is 0 Å². The molecule has 0 spiro atoms. The number of aliphatic hydroxyl groups is 2. The molecule has 0 aromatic rings. The van der Waals surface area contributed by atoms with Crippen molar-refractivity contribution in [3.05, 3.63) is 0 Å². The first-order valence-electron chi connectivity index (χ1n) is 5.76. The minimum Gasteiger partial charge on any atom is -0.393 e. The van der Waals surface area contributed by atoms with Crippen LogP contribution >= 0.6 is 0 Å². The van der Waals surface area contributed by atoms with Crippen molar-refractivity contribution in [3.8, 4) is 0 Å². The van der Waals surface area contributed by atoms with E-state index < -0.39 is 6.10 Å². The van der Waals surface area contributed by atoms with Gasteiger partial charge in [0.05, 0.1) is 12.2 Å². The zero-order valence-electron chi connectivity index (χ0n) is 10.7. The Morgan fingerprint density at radius 1 is 1.07 bits per heavy atom. The van der Waals surface area contributed by atoms with Crippen LogP contribution in [-0.2, 0) is 0 Å². The first-order valence-corrected chi connectivity index (χ1v) is 5.76. The molecule has 0 saturated heterocycles. The second kappa shape index (κ2) is 5.83. The zero-order chi connectivity index (χ0) is 12.2. The third-order valence-electron chi connectivity index (χ3n) is 2.84. The van der Waals surface area contributed by atoms with Gasteiger partial charge in [0.25, 0.3) is 0 Å². The average Bonchev–Trinajstić information content (AvgIpc) is 2.01. The molecule has 3 atom stereocenters. The van der Waals surface area contributed by atoms with Crippen molar-refractivity contribution in [1.29, 1.82) is 0 Å². The molecule has 0 aliphatic carbocycles. The van der Waals surface area contributed by atoms with Crippen LogP contribution in [0.15, 0.2) is 0 Å². The molecule has 92 valence electrons. The van der Waals surface area contributed by atoms with Gasteiger partial charge in [-0.1, -0.05) is 34.6 Å². The highest BCUT2D eigenvalue weighted by Gasteiger charge is 2.25. The maximum Gasteiger partial charge on any atom is 0.0603 e. The van der Waals surface area contributed by atoms with Crippen LogP contribution in [0.25, 0.3) is 0 Å². The van der Waals surface area contributed by atoms with Crippen molar-refractivity contribution >= 4 is 0 Å². The number of nitrogens with two attached hydrogens (primary N) is 1. The number of hydrogen-bond donors (Lipinski definition) is 3. The van der Waals surface area contributed by atoms with E-state index in [9.17, 15) is 10.2 Å². The van der Waals surface area contributed by atoms with Gasteiger partial charge in [-0.05, 0) is 24.2 Å². The first-order chi connectivity index (χ1) is 6.64. The number of rotatable bonds is 5. The summed E-state index contributed by atoms with van der Waals surface area (Å²) in [7, 11) is 0. The van der Waals surface area contributed by atoms with Gasteiger partial charge in [-0.25, -0.2) is 0 Å². The summed E-state index contributed by atoms with van der Waals surface area (Å²) >= 11 is 0. The van der Waals surface area contributed by atoms with Gasteiger partial charge in [0.1, 0.15) is 0 Å². The molecule has 0 amide bonds. The van der Waals surface area contributed by atoms with Crippen molar-refractivity contribution in [1.82, 2.24) is 0 Å². The Morgan fingerprint density at radius 2 is 1.53 bits per heavy atom. The van der Waals surface area contributed by atoms with Crippen LogP contribution in [0.2, 0.25) is 0 Å². The van der Waals surface area contributed by atoms with E-state index in [1.54, 1.807) is 0 Å². The highest BCUT2D eigenvalue weighted by atomic mass is 16.3. The quantitative estimate of drug-likeness (QED) is 0.654. The van der Waals surface area contributed by atoms with E-state index in [-0.39, 0.29) is 23.5 Å². The second-order valence-corrected chi connectivity index (χ2v) is 5.92. The molecule has 0 aliphatic rings. The summed E-state index contributed by atoms with van der Waals surface area (Å²) in [6.07, 6.45) is 0.331. The Bertz CT molecular complexity index is 175. The monoisotopic (exact) mass is 217 g/mol. The van der Waals surface area contributed by atoms with Gasteiger partial charge < -0.3 is 15.9 Å². The van der Waals surface area contributed by atoms with Crippen molar-refractivity contribution in [3.63, 3.8) is 0 Å². The fourth-order valence-corrected chi connectivity index (χ4v) is 1.32. The van der Waals surface area contributed by atoms with Crippen LogP contribution in [0, 0.1) is 11.3 Å². The molecule has 0 heterocycles. The Kier molecular flexibility index (Phi) is 5.78. The van der Waals surface area contributed by atoms with Crippen molar-refractivity contribution < 1.29 is 10.2 Å². The Morgan fingerprint density at radius 3 is 1.87 bits per heavy atom. The normalized spacial score (nSPS) is 19.0. The van der Waals surface area contributed by atoms with Crippen LogP contribution in [0.3, 0.4) is 0 Å². The maximum atomic E-state index is 9.85. The summed E-state index contributed by atoms with van der Waals surface area (Å²) in [6.45, 7) is 9.91. The molecule has 0 aromatic carbocycles. The van der Waals surface area contributed by atoms with E-state index >= 15 is 0 Å². The van der Waals surface area contributed by atoms with E-state index in [1.165, 1.54) is 0 Å². The van der Waals surface area contributed by atoms with E-state index in [0.29, 0.717) is 12.8 Å². The Labute approximate surface area is 93.7 Å². The molecule has 3 nitrogen and oxygen atoms in total. The van der Waals surface area contributed by atoms with Crippen LogP contribution in [0.5, 0.6) is 0 Å². The fourth-order valence-electron chi connectivity index (χ4n) is 1.32. The highest BCUT2D eigenvalue weighted by molar-refractivity contribution is 4.79. The van der Waals surface area contributed by atoms with Gasteiger partial charge in [0, 0.05) is 6.04 Å². The standard InChI is InChI=1S/C12H27NO2/c1-8(2)10(14)6-9(13)7-11(15)12(3,4)5/h8-11,14-15H,6-7,13H2,1-5H3. The van der Waals surface area contributed by atoms with Crippen LogP contribution in [0.1, 0.15) is 47.5 Å². The van der Waals surface area contributed by atoms with Gasteiger partial charge in [-0.3, -0.25) is 0 Å². The largest absolute Gasteiger partial charge is 0.393 e. The minimum absolute atomic E-state index is 0.128. The molecule has 4 N–H and O–H groups in total. The molecule has 0 radical (unpaired) electrons. The van der Waals surface area contributed by atoms with Gasteiger partial charge in [0.15, 0.2) is 0 Å². The summed E-state index contributed by atoms with van der Waals surface area (Å²) in [5.41, 5.74) is 5.75. The topological polar surface area (TPSA) is 66.5 Å². The van der Waals surface area contributed by atoms with Crippen molar-refractivity contribution in [2.45, 2.75) is 65.7 Å². The highest BCUT2D eigenvalue weighted by Crippen LogP contribution is 2.23. The average molecular weight is 217 g/mol. The predicted molar refractivity (Wildman–Crippen MR) is 63.5 cm³/mol. The van der Waals surface area contributed by atoms with Crippen LogP contribution < -0.4 is 5.73 Å². The second-order valence-electron chi connectivity index (χ2n) is 5.92. The van der Waals surface area contributed by atoms with Gasteiger partial charge in [-0.15, -0.1) is 0 Å². The molecular formula is C12H27NO2. The van der Waals surface area contributed by atoms with Crippen molar-refractivity contribution in [2.75, 3.05) is 0 Å². The Hall–Kier alpha value is -0.120. The van der Waals surface area contributed by atoms with Crippen LogP contribution in [-0.4, -0.2) is 28.5 Å². The van der Waals surface area contributed by atoms with Gasteiger partial charge in [-0.2, -0.15) is 0 Å². The SMILES string of the molecule is CC(C)C(O)CC(N)CC(O)C(C)(C)C. The molecule has 0 aliphatic heterocycles. The first kappa shape index (κ1) is 14.9. The lowest BCUT2D eigenvalue weighted by molar-refractivity contribution is 0.0394. The molecule has 0 fully saturated rings. The molecule has 15 heavy (non-hydrogen) atoms. The smallest absolute Gasteiger partial charge is 0.0603 e. The molecular weight excluding hydrogens is 190 g/mol. The predicted octanol–water partition coefficient (Wildman–Crippen LogP) is 1.52. The van der Waals surface area contributed by atoms with Gasteiger partial charge >= 0.3 is 0 Å². The molecule has 0 aromatic heterocycles. The van der Waals surface area contributed by atoms with E-state index in [1.807, 2.05) is 34.6 Å². The maximum absolute atomic E-state index is 9.85. The molecule has 0 bridgehead atoms. The molecule has 3 unspecified atom stereocenters. The zero-order valence-corrected chi connectivity index (χ0v) is 10.7. The third kappa shape index (κ3) is 6.13. The summed E-state index contributed by atoms with van der Waals surface area (Å²) in [5.74, 6) is 0.225.